The van der Waals surface area contributed by atoms with Crippen LogP contribution in [-0.4, -0.2) is 16.3 Å². The molecule has 0 aliphatic heterocycles. The first-order valence-electron chi connectivity index (χ1n) is 7.33. The van der Waals surface area contributed by atoms with Crippen molar-refractivity contribution in [1.29, 1.82) is 0 Å². The third kappa shape index (κ3) is 3.14. The van der Waals surface area contributed by atoms with Crippen LogP contribution in [0.15, 0.2) is 12.3 Å². The molecule has 1 aromatic rings. The Balaban J connectivity index is 2.14. The Morgan fingerprint density at radius 3 is 2.50 bits per heavy atom. The summed E-state index contributed by atoms with van der Waals surface area (Å²) in [6.45, 7) is 7.99. The highest BCUT2D eigenvalue weighted by atomic mass is 15.3. The van der Waals surface area contributed by atoms with E-state index in [4.69, 9.17) is 0 Å². The molecule has 1 heterocycles. The van der Waals surface area contributed by atoms with E-state index in [1.54, 1.807) is 0 Å². The number of aryl methyl sites for hydroxylation is 1. The van der Waals surface area contributed by atoms with E-state index in [-0.39, 0.29) is 0 Å². The number of hydrogen-bond acceptors (Lipinski definition) is 2. The molecule has 0 amide bonds. The van der Waals surface area contributed by atoms with Crippen LogP contribution in [0.3, 0.4) is 0 Å². The maximum absolute atomic E-state index is 4.61. The minimum atomic E-state index is 0.432. The van der Waals surface area contributed by atoms with Gasteiger partial charge < -0.3 is 5.32 Å². The third-order valence-electron chi connectivity index (χ3n) is 4.16. The third-order valence-corrected chi connectivity index (χ3v) is 4.16. The molecule has 0 spiro atoms. The Morgan fingerprint density at radius 2 is 2.00 bits per heavy atom. The molecule has 102 valence electrons. The minimum absolute atomic E-state index is 0.432. The Kier molecular flexibility index (Phi) is 4.44. The molecule has 3 heteroatoms. The SMILES string of the molecule is CCNC(c1ccn(C)n1)C1CC(C)CC(C)C1. The lowest BCUT2D eigenvalue weighted by atomic mass is 9.73. The van der Waals surface area contributed by atoms with Gasteiger partial charge in [0.05, 0.1) is 11.7 Å². The molecule has 1 aliphatic carbocycles. The zero-order chi connectivity index (χ0) is 13.1. The van der Waals surface area contributed by atoms with Gasteiger partial charge in [-0.3, -0.25) is 4.68 Å². The fraction of sp³-hybridized carbons (Fsp3) is 0.800. The van der Waals surface area contributed by atoms with Gasteiger partial charge in [-0.1, -0.05) is 20.8 Å². The maximum Gasteiger partial charge on any atom is 0.0796 e. The number of hydrogen-bond donors (Lipinski definition) is 1. The molecule has 3 nitrogen and oxygen atoms in total. The van der Waals surface area contributed by atoms with Gasteiger partial charge in [0.2, 0.25) is 0 Å². The lowest BCUT2D eigenvalue weighted by molar-refractivity contribution is 0.175. The van der Waals surface area contributed by atoms with Gasteiger partial charge in [0.15, 0.2) is 0 Å². The van der Waals surface area contributed by atoms with E-state index in [1.807, 2.05) is 11.7 Å². The van der Waals surface area contributed by atoms with Gasteiger partial charge >= 0.3 is 0 Å². The fourth-order valence-corrected chi connectivity index (χ4v) is 3.61. The van der Waals surface area contributed by atoms with Gasteiger partial charge in [0.1, 0.15) is 0 Å². The zero-order valence-electron chi connectivity index (χ0n) is 12.2. The van der Waals surface area contributed by atoms with Crippen LogP contribution >= 0.6 is 0 Å². The van der Waals surface area contributed by atoms with E-state index in [9.17, 15) is 0 Å². The standard InChI is InChI=1S/C15H27N3/c1-5-16-15(14-6-7-18(4)17-14)13-9-11(2)8-12(3)10-13/h6-7,11-13,15-16H,5,8-10H2,1-4H3. The molecule has 1 aliphatic rings. The van der Waals surface area contributed by atoms with Crippen LogP contribution in [0.4, 0.5) is 0 Å². The number of aromatic nitrogens is 2. The average Bonchev–Trinajstić information content (AvgIpc) is 2.71. The van der Waals surface area contributed by atoms with Crippen molar-refractivity contribution in [2.45, 2.75) is 46.1 Å². The lowest BCUT2D eigenvalue weighted by Crippen LogP contribution is -2.33. The van der Waals surface area contributed by atoms with Gasteiger partial charge in [0.25, 0.3) is 0 Å². The summed E-state index contributed by atoms with van der Waals surface area (Å²) >= 11 is 0. The first-order chi connectivity index (χ1) is 8.60. The smallest absolute Gasteiger partial charge is 0.0796 e. The molecule has 0 radical (unpaired) electrons. The van der Waals surface area contributed by atoms with E-state index in [0.29, 0.717) is 6.04 Å². The second-order valence-electron chi connectivity index (χ2n) is 6.13. The van der Waals surface area contributed by atoms with Crippen LogP contribution in [0.25, 0.3) is 0 Å². The molecule has 1 saturated carbocycles. The fourth-order valence-electron chi connectivity index (χ4n) is 3.61. The van der Waals surface area contributed by atoms with Crippen LogP contribution in [0, 0.1) is 17.8 Å². The number of nitrogens with zero attached hydrogens (tertiary/aromatic N) is 2. The highest BCUT2D eigenvalue weighted by Gasteiger charge is 2.31. The van der Waals surface area contributed by atoms with Gasteiger partial charge in [0, 0.05) is 13.2 Å². The molecular formula is C15H27N3. The largest absolute Gasteiger partial charge is 0.309 e. The van der Waals surface area contributed by atoms with Crippen LogP contribution in [0.2, 0.25) is 0 Å². The van der Waals surface area contributed by atoms with Crippen LogP contribution in [0.1, 0.15) is 51.8 Å². The topological polar surface area (TPSA) is 29.9 Å². The van der Waals surface area contributed by atoms with Crippen molar-refractivity contribution in [3.8, 4) is 0 Å². The van der Waals surface area contributed by atoms with E-state index in [0.717, 1.165) is 24.3 Å². The first kappa shape index (κ1) is 13.6. The summed E-state index contributed by atoms with van der Waals surface area (Å²) < 4.78 is 1.91. The molecule has 3 unspecified atom stereocenters. The molecule has 1 aromatic heterocycles. The summed E-state index contributed by atoms with van der Waals surface area (Å²) in [5.74, 6) is 2.44. The van der Waals surface area contributed by atoms with Gasteiger partial charge in [-0.15, -0.1) is 0 Å². The van der Waals surface area contributed by atoms with Crippen LogP contribution < -0.4 is 5.32 Å². The predicted molar refractivity (Wildman–Crippen MR) is 75.3 cm³/mol. The highest BCUT2D eigenvalue weighted by molar-refractivity contribution is 5.08. The Bertz CT molecular complexity index is 362. The molecule has 18 heavy (non-hydrogen) atoms. The Morgan fingerprint density at radius 1 is 1.33 bits per heavy atom. The van der Waals surface area contributed by atoms with Crippen molar-refractivity contribution in [3.63, 3.8) is 0 Å². The summed E-state index contributed by atoms with van der Waals surface area (Å²) in [5, 5.41) is 8.26. The summed E-state index contributed by atoms with van der Waals surface area (Å²) in [6, 6.07) is 2.60. The zero-order valence-corrected chi connectivity index (χ0v) is 12.2. The quantitative estimate of drug-likeness (QED) is 0.888. The van der Waals surface area contributed by atoms with Crippen molar-refractivity contribution in [2.24, 2.45) is 24.8 Å². The summed E-state index contributed by atoms with van der Waals surface area (Å²) in [6.07, 6.45) is 6.10. The van der Waals surface area contributed by atoms with Crippen molar-refractivity contribution in [1.82, 2.24) is 15.1 Å². The number of rotatable bonds is 4. The molecule has 0 saturated heterocycles. The van der Waals surface area contributed by atoms with Gasteiger partial charge in [-0.05, 0) is 49.6 Å². The summed E-state index contributed by atoms with van der Waals surface area (Å²) in [4.78, 5) is 0. The van der Waals surface area contributed by atoms with Gasteiger partial charge in [-0.2, -0.15) is 5.10 Å². The summed E-state index contributed by atoms with van der Waals surface area (Å²) in [5.41, 5.74) is 1.21. The van der Waals surface area contributed by atoms with Crippen LogP contribution in [0.5, 0.6) is 0 Å². The van der Waals surface area contributed by atoms with Crippen molar-refractivity contribution in [2.75, 3.05) is 6.54 Å². The second kappa shape index (κ2) is 5.87. The highest BCUT2D eigenvalue weighted by Crippen LogP contribution is 2.39. The second-order valence-corrected chi connectivity index (χ2v) is 6.13. The lowest BCUT2D eigenvalue weighted by Gasteiger charge is -2.36. The monoisotopic (exact) mass is 249 g/mol. The van der Waals surface area contributed by atoms with E-state index >= 15 is 0 Å². The maximum atomic E-state index is 4.61. The average molecular weight is 249 g/mol. The van der Waals surface area contributed by atoms with Gasteiger partial charge in [-0.25, -0.2) is 0 Å². The molecule has 0 aromatic carbocycles. The molecule has 1 fully saturated rings. The molecule has 3 atom stereocenters. The minimum Gasteiger partial charge on any atom is -0.309 e. The Labute approximate surface area is 111 Å². The van der Waals surface area contributed by atoms with E-state index in [1.165, 1.54) is 25.0 Å². The molecule has 0 bridgehead atoms. The van der Waals surface area contributed by atoms with E-state index < -0.39 is 0 Å². The van der Waals surface area contributed by atoms with E-state index in [2.05, 4.69) is 43.4 Å². The van der Waals surface area contributed by atoms with Crippen LogP contribution in [-0.2, 0) is 7.05 Å². The van der Waals surface area contributed by atoms with Crippen molar-refractivity contribution >= 4 is 0 Å². The number of nitrogens with one attached hydrogen (secondary N) is 1. The predicted octanol–water partition coefficient (Wildman–Crippen LogP) is 3.14. The molecular weight excluding hydrogens is 222 g/mol. The Hall–Kier alpha value is -0.830. The molecule has 1 N–H and O–H groups in total. The molecule has 2 rings (SSSR count). The van der Waals surface area contributed by atoms with Crippen molar-refractivity contribution in [3.05, 3.63) is 18.0 Å². The normalized spacial score (nSPS) is 30.3. The first-order valence-corrected chi connectivity index (χ1v) is 7.33. The summed E-state index contributed by atoms with van der Waals surface area (Å²) in [7, 11) is 2.00. The van der Waals surface area contributed by atoms with Crippen molar-refractivity contribution < 1.29 is 0 Å².